The minimum Gasteiger partial charge on any atom is -0.313 e. The van der Waals surface area contributed by atoms with Gasteiger partial charge in [-0.2, -0.15) is 0 Å². The lowest BCUT2D eigenvalue weighted by atomic mass is 9.94. The number of halogens is 3. The van der Waals surface area contributed by atoms with E-state index in [4.69, 9.17) is 0 Å². The Morgan fingerprint density at radius 1 is 1.00 bits per heavy atom. The second-order valence-corrected chi connectivity index (χ2v) is 5.21. The fourth-order valence-corrected chi connectivity index (χ4v) is 2.45. The number of hydrogen-bond donors (Lipinski definition) is 1. The van der Waals surface area contributed by atoms with Crippen LogP contribution in [0.4, 0.5) is 13.2 Å². The van der Waals surface area contributed by atoms with Gasteiger partial charge in [0.1, 0.15) is 17.5 Å². The number of benzene rings is 2. The van der Waals surface area contributed by atoms with Crippen molar-refractivity contribution in [1.29, 1.82) is 0 Å². The highest BCUT2D eigenvalue weighted by Crippen LogP contribution is 2.27. The first-order valence-corrected chi connectivity index (χ1v) is 6.80. The monoisotopic (exact) mass is 293 g/mol. The van der Waals surface area contributed by atoms with Crippen LogP contribution >= 0.6 is 0 Å². The van der Waals surface area contributed by atoms with Crippen LogP contribution in [0.15, 0.2) is 30.3 Å². The maximum absolute atomic E-state index is 14.2. The van der Waals surface area contributed by atoms with E-state index in [1.54, 1.807) is 27.0 Å². The minimum absolute atomic E-state index is 0.0289. The average molecular weight is 293 g/mol. The number of aryl methyl sites for hydroxylation is 2. The first kappa shape index (κ1) is 15.6. The Morgan fingerprint density at radius 3 is 2.33 bits per heavy atom. The Bertz CT molecular complexity index is 653. The van der Waals surface area contributed by atoms with Crippen molar-refractivity contribution in [2.45, 2.75) is 26.3 Å². The van der Waals surface area contributed by atoms with Crippen molar-refractivity contribution in [2.24, 2.45) is 0 Å². The summed E-state index contributed by atoms with van der Waals surface area (Å²) in [5.74, 6) is -1.42. The van der Waals surface area contributed by atoms with Crippen LogP contribution in [0.3, 0.4) is 0 Å². The van der Waals surface area contributed by atoms with Crippen LogP contribution in [0.25, 0.3) is 0 Å². The fraction of sp³-hybridized carbons (Fsp3) is 0.294. The van der Waals surface area contributed by atoms with E-state index < -0.39 is 17.7 Å². The molecule has 0 saturated heterocycles. The van der Waals surface area contributed by atoms with Gasteiger partial charge in [0.25, 0.3) is 0 Å². The molecule has 0 fully saturated rings. The highest BCUT2D eigenvalue weighted by Gasteiger charge is 2.21. The average Bonchev–Trinajstić information content (AvgIpc) is 2.44. The third-order valence-corrected chi connectivity index (χ3v) is 3.75. The fourth-order valence-electron chi connectivity index (χ4n) is 2.45. The van der Waals surface area contributed by atoms with Gasteiger partial charge in [0.15, 0.2) is 0 Å². The molecule has 0 bridgehead atoms. The lowest BCUT2D eigenvalue weighted by Gasteiger charge is -2.20. The summed E-state index contributed by atoms with van der Waals surface area (Å²) >= 11 is 0. The van der Waals surface area contributed by atoms with E-state index >= 15 is 0 Å². The summed E-state index contributed by atoms with van der Waals surface area (Å²) in [4.78, 5) is 0. The standard InChI is InChI=1S/C17H18F3N/c1-10-4-7-14(19)16(17(10)20)15(21-3)9-12-5-6-13(18)8-11(12)2/h4-8,15,21H,9H2,1-3H3. The molecule has 0 aromatic heterocycles. The maximum Gasteiger partial charge on any atom is 0.133 e. The topological polar surface area (TPSA) is 12.0 Å². The van der Waals surface area contributed by atoms with Gasteiger partial charge in [-0.1, -0.05) is 12.1 Å². The number of hydrogen-bond acceptors (Lipinski definition) is 1. The van der Waals surface area contributed by atoms with E-state index in [1.807, 2.05) is 0 Å². The minimum atomic E-state index is -0.572. The van der Waals surface area contributed by atoms with Crippen molar-refractivity contribution in [3.05, 3.63) is 70.0 Å². The van der Waals surface area contributed by atoms with E-state index in [0.29, 0.717) is 12.0 Å². The highest BCUT2D eigenvalue weighted by atomic mass is 19.1. The molecule has 21 heavy (non-hydrogen) atoms. The highest BCUT2D eigenvalue weighted by molar-refractivity contribution is 5.33. The summed E-state index contributed by atoms with van der Waals surface area (Å²) in [5, 5.41) is 2.94. The van der Waals surface area contributed by atoms with Crippen molar-refractivity contribution in [1.82, 2.24) is 5.32 Å². The van der Waals surface area contributed by atoms with E-state index in [2.05, 4.69) is 5.32 Å². The molecule has 1 N–H and O–H groups in total. The lowest BCUT2D eigenvalue weighted by molar-refractivity contribution is 0.485. The van der Waals surface area contributed by atoms with Crippen molar-refractivity contribution in [2.75, 3.05) is 7.05 Å². The van der Waals surface area contributed by atoms with Crippen molar-refractivity contribution in [3.63, 3.8) is 0 Å². The van der Waals surface area contributed by atoms with Gasteiger partial charge in [-0.05, 0) is 62.2 Å². The third-order valence-electron chi connectivity index (χ3n) is 3.75. The van der Waals surface area contributed by atoms with Crippen LogP contribution in [-0.2, 0) is 6.42 Å². The molecule has 2 rings (SSSR count). The summed E-state index contributed by atoms with van der Waals surface area (Å²) < 4.78 is 41.4. The van der Waals surface area contributed by atoms with Crippen molar-refractivity contribution >= 4 is 0 Å². The van der Waals surface area contributed by atoms with Gasteiger partial charge in [0.05, 0.1) is 0 Å². The lowest BCUT2D eigenvalue weighted by Crippen LogP contribution is -2.22. The molecular weight excluding hydrogens is 275 g/mol. The van der Waals surface area contributed by atoms with Gasteiger partial charge in [-0.15, -0.1) is 0 Å². The number of rotatable bonds is 4. The molecule has 0 amide bonds. The summed E-state index contributed by atoms with van der Waals surface area (Å²) in [6.07, 6.45) is 0.389. The molecule has 0 aliphatic heterocycles. The van der Waals surface area contributed by atoms with Gasteiger partial charge in [-0.3, -0.25) is 0 Å². The van der Waals surface area contributed by atoms with Crippen LogP contribution in [-0.4, -0.2) is 7.05 Å². The second-order valence-electron chi connectivity index (χ2n) is 5.21. The summed E-state index contributed by atoms with van der Waals surface area (Å²) in [7, 11) is 1.66. The molecule has 4 heteroatoms. The van der Waals surface area contributed by atoms with Crippen LogP contribution in [0.1, 0.15) is 28.3 Å². The Balaban J connectivity index is 2.39. The Kier molecular flexibility index (Phi) is 4.68. The van der Waals surface area contributed by atoms with Crippen LogP contribution in [0.2, 0.25) is 0 Å². The van der Waals surface area contributed by atoms with Gasteiger partial charge in [0.2, 0.25) is 0 Å². The second kappa shape index (κ2) is 6.31. The predicted molar refractivity (Wildman–Crippen MR) is 77.7 cm³/mol. The van der Waals surface area contributed by atoms with Crippen molar-refractivity contribution in [3.8, 4) is 0 Å². The van der Waals surface area contributed by atoms with E-state index in [0.717, 1.165) is 11.1 Å². The normalized spacial score (nSPS) is 12.5. The summed E-state index contributed by atoms with van der Waals surface area (Å²) in [5.41, 5.74) is 2.06. The van der Waals surface area contributed by atoms with E-state index in [1.165, 1.54) is 24.3 Å². The molecule has 0 radical (unpaired) electrons. The third kappa shape index (κ3) is 3.27. The molecule has 0 spiro atoms. The van der Waals surface area contributed by atoms with Gasteiger partial charge < -0.3 is 5.32 Å². The molecule has 2 aromatic rings. The Hall–Kier alpha value is -1.81. The first-order valence-electron chi connectivity index (χ1n) is 6.80. The number of nitrogens with one attached hydrogen (secondary N) is 1. The summed E-state index contributed by atoms with van der Waals surface area (Å²) in [6, 6.07) is 6.62. The van der Waals surface area contributed by atoms with Crippen LogP contribution in [0.5, 0.6) is 0 Å². The molecular formula is C17H18F3N. The first-order chi connectivity index (χ1) is 9.93. The molecule has 112 valence electrons. The zero-order valence-corrected chi connectivity index (χ0v) is 12.3. The van der Waals surface area contributed by atoms with E-state index in [-0.39, 0.29) is 11.4 Å². The maximum atomic E-state index is 14.2. The molecule has 1 atom stereocenters. The summed E-state index contributed by atoms with van der Waals surface area (Å²) in [6.45, 7) is 3.39. The molecule has 1 nitrogen and oxygen atoms in total. The van der Waals surface area contributed by atoms with Crippen LogP contribution < -0.4 is 5.32 Å². The number of likely N-dealkylation sites (N-methyl/N-ethyl adjacent to an activating group) is 1. The van der Waals surface area contributed by atoms with Gasteiger partial charge in [-0.25, -0.2) is 13.2 Å². The zero-order valence-electron chi connectivity index (χ0n) is 12.3. The van der Waals surface area contributed by atoms with Gasteiger partial charge in [0, 0.05) is 11.6 Å². The van der Waals surface area contributed by atoms with Gasteiger partial charge >= 0.3 is 0 Å². The zero-order chi connectivity index (χ0) is 15.6. The molecule has 2 aromatic carbocycles. The SMILES string of the molecule is CNC(Cc1ccc(F)cc1C)c1c(F)ccc(C)c1F. The molecule has 0 aliphatic carbocycles. The molecule has 1 unspecified atom stereocenters. The largest absolute Gasteiger partial charge is 0.313 e. The Labute approximate surface area is 122 Å². The predicted octanol–water partition coefficient (Wildman–Crippen LogP) is 4.22. The molecule has 0 heterocycles. The van der Waals surface area contributed by atoms with Crippen LogP contribution in [0, 0.1) is 31.3 Å². The smallest absolute Gasteiger partial charge is 0.133 e. The van der Waals surface area contributed by atoms with Crippen molar-refractivity contribution < 1.29 is 13.2 Å². The quantitative estimate of drug-likeness (QED) is 0.890. The molecule has 0 saturated carbocycles. The van der Waals surface area contributed by atoms with E-state index in [9.17, 15) is 13.2 Å². The Morgan fingerprint density at radius 2 is 1.71 bits per heavy atom. The molecule has 0 aliphatic rings.